The highest BCUT2D eigenvalue weighted by atomic mass is 79.9. The first-order chi connectivity index (χ1) is 9.22. The minimum atomic E-state index is -0.601. The normalized spacial score (nSPS) is 18.3. The third-order valence-electron chi connectivity index (χ3n) is 3.87. The molecule has 1 fully saturated rings. The van der Waals surface area contributed by atoms with E-state index in [2.05, 4.69) is 22.0 Å². The van der Waals surface area contributed by atoms with Crippen molar-refractivity contribution in [3.63, 3.8) is 0 Å². The maximum atomic E-state index is 12.5. The first-order valence-electron chi connectivity index (χ1n) is 6.91. The summed E-state index contributed by atoms with van der Waals surface area (Å²) in [4.78, 5) is 12.5. The van der Waals surface area contributed by atoms with Crippen LogP contribution < -0.4 is 0 Å². The molecule has 0 bridgehead atoms. The fraction of sp³-hybridized carbons (Fsp3) is 0.500. The zero-order valence-corrected chi connectivity index (χ0v) is 12.5. The van der Waals surface area contributed by atoms with Crippen molar-refractivity contribution in [2.75, 3.05) is 0 Å². The molecule has 19 heavy (non-hydrogen) atoms. The van der Waals surface area contributed by atoms with Crippen molar-refractivity contribution in [1.82, 2.24) is 0 Å². The second kappa shape index (κ2) is 6.86. The Morgan fingerprint density at radius 3 is 2.26 bits per heavy atom. The second-order valence-corrected chi connectivity index (χ2v) is 6.12. The van der Waals surface area contributed by atoms with Crippen LogP contribution in [0.3, 0.4) is 0 Å². The van der Waals surface area contributed by atoms with E-state index in [1.807, 2.05) is 24.3 Å². The molecule has 1 saturated carbocycles. The van der Waals surface area contributed by atoms with Crippen LogP contribution in [0.5, 0.6) is 0 Å². The average Bonchev–Trinajstić information content (AvgIpc) is 2.70. The van der Waals surface area contributed by atoms with Gasteiger partial charge >= 0.3 is 0 Å². The standard InChI is InChI=1S/C16H18BrNO/c17-14-9-7-12(8-10-14)15(11-18)16(19)13-5-3-1-2-4-6-13/h7-10,13,15H,1-6H2. The first kappa shape index (κ1) is 14.3. The number of carbonyl (C=O) groups is 1. The summed E-state index contributed by atoms with van der Waals surface area (Å²) in [6.07, 6.45) is 6.59. The molecule has 2 rings (SSSR count). The first-order valence-corrected chi connectivity index (χ1v) is 7.70. The van der Waals surface area contributed by atoms with Gasteiger partial charge in [0.25, 0.3) is 0 Å². The van der Waals surface area contributed by atoms with Gasteiger partial charge in [0.05, 0.1) is 6.07 Å². The van der Waals surface area contributed by atoms with Crippen LogP contribution in [0.25, 0.3) is 0 Å². The summed E-state index contributed by atoms with van der Waals surface area (Å²) >= 11 is 3.37. The number of rotatable bonds is 3. The van der Waals surface area contributed by atoms with E-state index in [0.29, 0.717) is 0 Å². The highest BCUT2D eigenvalue weighted by Gasteiger charge is 2.28. The molecule has 0 amide bonds. The van der Waals surface area contributed by atoms with E-state index in [1.165, 1.54) is 12.8 Å². The Balaban J connectivity index is 2.14. The molecule has 0 heterocycles. The SMILES string of the molecule is N#CC(C(=O)C1CCCCCC1)c1ccc(Br)cc1. The third kappa shape index (κ3) is 3.67. The highest BCUT2D eigenvalue weighted by molar-refractivity contribution is 9.10. The largest absolute Gasteiger partial charge is 0.298 e. The van der Waals surface area contributed by atoms with Gasteiger partial charge in [0.1, 0.15) is 5.92 Å². The molecule has 1 aromatic rings. The van der Waals surface area contributed by atoms with Crippen LogP contribution in [0.1, 0.15) is 50.0 Å². The average molecular weight is 320 g/mol. The lowest BCUT2D eigenvalue weighted by Gasteiger charge is -2.16. The summed E-state index contributed by atoms with van der Waals surface area (Å²) in [6, 6.07) is 9.70. The number of hydrogen-bond acceptors (Lipinski definition) is 2. The number of nitrogens with zero attached hydrogens (tertiary/aromatic N) is 1. The summed E-state index contributed by atoms with van der Waals surface area (Å²) in [7, 11) is 0. The molecular formula is C16H18BrNO. The lowest BCUT2D eigenvalue weighted by molar-refractivity contribution is -0.123. The molecule has 0 N–H and O–H groups in total. The van der Waals surface area contributed by atoms with Crippen molar-refractivity contribution in [3.05, 3.63) is 34.3 Å². The Kier molecular flexibility index (Phi) is 5.15. The van der Waals surface area contributed by atoms with E-state index >= 15 is 0 Å². The Morgan fingerprint density at radius 2 is 1.74 bits per heavy atom. The number of hydrogen-bond donors (Lipinski definition) is 0. The molecular weight excluding hydrogens is 302 g/mol. The van der Waals surface area contributed by atoms with E-state index in [-0.39, 0.29) is 11.7 Å². The molecule has 1 atom stereocenters. The van der Waals surface area contributed by atoms with Gasteiger partial charge in [0, 0.05) is 10.4 Å². The number of ketones is 1. The molecule has 2 nitrogen and oxygen atoms in total. The van der Waals surface area contributed by atoms with Crippen LogP contribution in [0, 0.1) is 17.2 Å². The molecule has 0 aliphatic heterocycles. The van der Waals surface area contributed by atoms with Crippen LogP contribution >= 0.6 is 15.9 Å². The van der Waals surface area contributed by atoms with Gasteiger partial charge in [-0.15, -0.1) is 0 Å². The number of nitriles is 1. The summed E-state index contributed by atoms with van der Waals surface area (Å²) in [5, 5.41) is 9.34. The van der Waals surface area contributed by atoms with Crippen molar-refractivity contribution in [2.45, 2.75) is 44.4 Å². The Labute approximate surface area is 122 Å². The number of halogens is 1. The van der Waals surface area contributed by atoms with Gasteiger partial charge in [0.15, 0.2) is 5.78 Å². The zero-order valence-electron chi connectivity index (χ0n) is 10.9. The van der Waals surface area contributed by atoms with E-state index < -0.39 is 5.92 Å². The molecule has 1 aromatic carbocycles. The fourth-order valence-electron chi connectivity index (χ4n) is 2.76. The Hall–Kier alpha value is -1.14. The molecule has 3 heteroatoms. The maximum Gasteiger partial charge on any atom is 0.157 e. The molecule has 0 spiro atoms. The molecule has 1 aliphatic carbocycles. The molecule has 1 unspecified atom stereocenters. The predicted molar refractivity (Wildman–Crippen MR) is 78.7 cm³/mol. The van der Waals surface area contributed by atoms with Gasteiger partial charge in [-0.1, -0.05) is 53.7 Å². The van der Waals surface area contributed by atoms with Crippen LogP contribution in [-0.4, -0.2) is 5.78 Å². The molecule has 0 radical (unpaired) electrons. The molecule has 100 valence electrons. The topological polar surface area (TPSA) is 40.9 Å². The van der Waals surface area contributed by atoms with Crippen molar-refractivity contribution in [3.8, 4) is 6.07 Å². The van der Waals surface area contributed by atoms with Gasteiger partial charge in [-0.05, 0) is 30.5 Å². The van der Waals surface area contributed by atoms with Gasteiger partial charge in [-0.25, -0.2) is 0 Å². The van der Waals surface area contributed by atoms with E-state index in [4.69, 9.17) is 0 Å². The Bertz CT molecular complexity index is 467. The summed E-state index contributed by atoms with van der Waals surface area (Å²) < 4.78 is 0.967. The smallest absolute Gasteiger partial charge is 0.157 e. The summed E-state index contributed by atoms with van der Waals surface area (Å²) in [6.45, 7) is 0. The molecule has 0 saturated heterocycles. The third-order valence-corrected chi connectivity index (χ3v) is 4.40. The van der Waals surface area contributed by atoms with Crippen molar-refractivity contribution in [1.29, 1.82) is 5.26 Å². The van der Waals surface area contributed by atoms with E-state index in [9.17, 15) is 10.1 Å². The lowest BCUT2D eigenvalue weighted by Crippen LogP contribution is -2.21. The monoisotopic (exact) mass is 319 g/mol. The lowest BCUT2D eigenvalue weighted by atomic mass is 9.84. The van der Waals surface area contributed by atoms with Crippen LogP contribution in [0.15, 0.2) is 28.7 Å². The van der Waals surface area contributed by atoms with E-state index in [0.717, 1.165) is 35.7 Å². The minimum absolute atomic E-state index is 0.0794. The maximum absolute atomic E-state index is 12.5. The van der Waals surface area contributed by atoms with Crippen molar-refractivity contribution < 1.29 is 4.79 Å². The van der Waals surface area contributed by atoms with E-state index in [1.54, 1.807) is 0 Å². The molecule has 0 aromatic heterocycles. The van der Waals surface area contributed by atoms with Gasteiger partial charge in [-0.2, -0.15) is 5.26 Å². The van der Waals surface area contributed by atoms with Crippen molar-refractivity contribution in [2.24, 2.45) is 5.92 Å². The number of carbonyl (C=O) groups excluding carboxylic acids is 1. The zero-order chi connectivity index (χ0) is 13.7. The van der Waals surface area contributed by atoms with Crippen LogP contribution in [0.4, 0.5) is 0 Å². The van der Waals surface area contributed by atoms with Crippen LogP contribution in [0.2, 0.25) is 0 Å². The summed E-state index contributed by atoms with van der Waals surface area (Å²) in [5.41, 5.74) is 0.819. The highest BCUT2D eigenvalue weighted by Crippen LogP contribution is 2.29. The van der Waals surface area contributed by atoms with Gasteiger partial charge in [-0.3, -0.25) is 4.79 Å². The Morgan fingerprint density at radius 1 is 1.16 bits per heavy atom. The summed E-state index contributed by atoms with van der Waals surface area (Å²) in [5.74, 6) is -0.404. The van der Waals surface area contributed by atoms with Crippen molar-refractivity contribution >= 4 is 21.7 Å². The minimum Gasteiger partial charge on any atom is -0.298 e. The predicted octanol–water partition coefficient (Wildman–Crippen LogP) is 4.60. The van der Waals surface area contributed by atoms with Crippen LogP contribution in [-0.2, 0) is 4.79 Å². The number of Topliss-reactive ketones (excluding diaryl/α,β-unsaturated/α-hetero) is 1. The quantitative estimate of drug-likeness (QED) is 0.764. The van der Waals surface area contributed by atoms with Gasteiger partial charge in [0.2, 0.25) is 0 Å². The van der Waals surface area contributed by atoms with Gasteiger partial charge < -0.3 is 0 Å². The fourth-order valence-corrected chi connectivity index (χ4v) is 3.02. The molecule has 1 aliphatic rings. The number of benzene rings is 1. The second-order valence-electron chi connectivity index (χ2n) is 5.20.